The summed E-state index contributed by atoms with van der Waals surface area (Å²) in [6.45, 7) is 0. The van der Waals surface area contributed by atoms with E-state index in [1.807, 2.05) is 0 Å². The molecule has 9 nitrogen and oxygen atoms in total. The number of aromatic carboxylic acids is 2. The lowest BCUT2D eigenvalue weighted by molar-refractivity contribution is 0.0695. The molecular weight excluding hydrogens is 448 g/mol. The summed E-state index contributed by atoms with van der Waals surface area (Å²) in [5, 5.41) is 19.1. The molecule has 1 saturated carbocycles. The summed E-state index contributed by atoms with van der Waals surface area (Å²) >= 11 is 3.34. The fourth-order valence-electron chi connectivity index (χ4n) is 3.48. The van der Waals surface area contributed by atoms with Crippen LogP contribution >= 0.6 is 15.9 Å². The van der Waals surface area contributed by atoms with Crippen molar-refractivity contribution in [3.8, 4) is 22.6 Å². The molecule has 10 heteroatoms. The van der Waals surface area contributed by atoms with E-state index in [4.69, 9.17) is 15.2 Å². The highest BCUT2D eigenvalue weighted by Gasteiger charge is 2.29. The Balaban J connectivity index is 2.26. The molecule has 1 heterocycles. The summed E-state index contributed by atoms with van der Waals surface area (Å²) in [4.78, 5) is 37.8. The highest BCUT2D eigenvalue weighted by atomic mass is 79.9. The molecule has 0 unspecified atom stereocenters. The molecule has 0 amide bonds. The number of halogens is 1. The molecule has 0 radical (unpaired) electrons. The molecule has 0 spiro atoms. The smallest absolute Gasteiger partial charge is 0.342 e. The number of benzene rings is 1. The van der Waals surface area contributed by atoms with E-state index in [2.05, 4.69) is 20.9 Å². The molecule has 0 aliphatic heterocycles. The molecule has 1 aromatic heterocycles. The maximum Gasteiger partial charge on any atom is 0.342 e. The zero-order valence-corrected chi connectivity index (χ0v) is 17.0. The Hall–Kier alpha value is -3.01. The Bertz CT molecular complexity index is 1040. The molecule has 1 fully saturated rings. The number of carboxylic acids is 2. The second kappa shape index (κ2) is 8.16. The lowest BCUT2D eigenvalue weighted by Gasteiger charge is -2.19. The Labute approximate surface area is 173 Å². The van der Waals surface area contributed by atoms with Gasteiger partial charge in [-0.05, 0) is 37.8 Å². The van der Waals surface area contributed by atoms with Crippen LogP contribution in [0.25, 0.3) is 11.1 Å². The number of rotatable bonds is 6. The SMILES string of the molecule is COc1cc(-c2c(C(=O)O)c(N)[nH]c(=O)c2C(=O)O)c(Br)cc1OC1CCCC1. The lowest BCUT2D eigenvalue weighted by Crippen LogP contribution is -2.24. The molecule has 0 atom stereocenters. The monoisotopic (exact) mass is 466 g/mol. The lowest BCUT2D eigenvalue weighted by atomic mass is 9.95. The third-order valence-corrected chi connectivity index (χ3v) is 5.45. The molecule has 2 aromatic rings. The number of nitrogens with two attached hydrogens (primary N) is 1. The standard InChI is InChI=1S/C19H19BrN2O7/c1-28-11-6-9(10(20)7-12(11)29-8-4-2-3-5-8)13-14(18(24)25)16(21)22-17(23)15(13)19(26)27/h6-8H,2-5H2,1H3,(H,24,25)(H,26,27)(H3,21,22,23). The molecule has 5 N–H and O–H groups in total. The van der Waals surface area contributed by atoms with Crippen molar-refractivity contribution in [3.05, 3.63) is 38.1 Å². The molecule has 0 bridgehead atoms. The van der Waals surface area contributed by atoms with Crippen molar-refractivity contribution >= 4 is 33.7 Å². The number of aromatic amines is 1. The quantitative estimate of drug-likeness (QED) is 0.506. The minimum Gasteiger partial charge on any atom is -0.493 e. The van der Waals surface area contributed by atoms with Gasteiger partial charge in [0, 0.05) is 15.6 Å². The van der Waals surface area contributed by atoms with Crippen molar-refractivity contribution in [1.29, 1.82) is 0 Å². The van der Waals surface area contributed by atoms with E-state index in [9.17, 15) is 24.6 Å². The first-order valence-corrected chi connectivity index (χ1v) is 9.60. The Kier molecular flexibility index (Phi) is 5.83. The zero-order valence-electron chi connectivity index (χ0n) is 15.5. The Morgan fingerprint density at radius 3 is 2.31 bits per heavy atom. The average Bonchev–Trinajstić information content (AvgIpc) is 3.13. The number of ether oxygens (including phenoxy) is 2. The van der Waals surface area contributed by atoms with Gasteiger partial charge < -0.3 is 30.4 Å². The van der Waals surface area contributed by atoms with Crippen LogP contribution in [0, 0.1) is 0 Å². The number of nitrogens with one attached hydrogen (secondary N) is 1. The number of pyridine rings is 1. The van der Waals surface area contributed by atoms with Crippen LogP contribution in [-0.2, 0) is 0 Å². The fraction of sp³-hybridized carbons (Fsp3) is 0.316. The van der Waals surface area contributed by atoms with Gasteiger partial charge in [0.25, 0.3) is 5.56 Å². The molecule has 0 saturated heterocycles. The van der Waals surface area contributed by atoms with Crippen molar-refractivity contribution in [2.45, 2.75) is 31.8 Å². The van der Waals surface area contributed by atoms with Crippen LogP contribution in [-0.4, -0.2) is 40.3 Å². The molecule has 29 heavy (non-hydrogen) atoms. The maximum atomic E-state index is 12.2. The van der Waals surface area contributed by atoms with Gasteiger partial charge in [-0.3, -0.25) is 4.79 Å². The molecule has 1 aliphatic rings. The van der Waals surface area contributed by atoms with Gasteiger partial charge in [0.15, 0.2) is 11.5 Å². The summed E-state index contributed by atoms with van der Waals surface area (Å²) in [5.74, 6) is -2.79. The summed E-state index contributed by atoms with van der Waals surface area (Å²) in [7, 11) is 1.41. The number of hydrogen-bond donors (Lipinski definition) is 4. The van der Waals surface area contributed by atoms with Crippen LogP contribution in [0.1, 0.15) is 46.4 Å². The van der Waals surface area contributed by atoms with Crippen molar-refractivity contribution in [2.24, 2.45) is 0 Å². The summed E-state index contributed by atoms with van der Waals surface area (Å²) in [6.07, 6.45) is 4.02. The summed E-state index contributed by atoms with van der Waals surface area (Å²) in [6, 6.07) is 3.00. The van der Waals surface area contributed by atoms with Gasteiger partial charge in [-0.15, -0.1) is 0 Å². The third kappa shape index (κ3) is 3.93. The molecule has 3 rings (SSSR count). The van der Waals surface area contributed by atoms with Crippen LogP contribution in [0.3, 0.4) is 0 Å². The van der Waals surface area contributed by atoms with Crippen LogP contribution in [0.15, 0.2) is 21.4 Å². The van der Waals surface area contributed by atoms with E-state index >= 15 is 0 Å². The van der Waals surface area contributed by atoms with Crippen molar-refractivity contribution in [3.63, 3.8) is 0 Å². The minimum atomic E-state index is -1.58. The number of hydrogen-bond acceptors (Lipinski definition) is 6. The number of H-pyrrole nitrogens is 1. The Morgan fingerprint density at radius 2 is 1.76 bits per heavy atom. The first-order valence-electron chi connectivity index (χ1n) is 8.81. The zero-order chi connectivity index (χ0) is 21.3. The number of carbonyl (C=O) groups is 2. The molecule has 154 valence electrons. The fourth-order valence-corrected chi connectivity index (χ4v) is 4.00. The second-order valence-corrected chi connectivity index (χ2v) is 7.46. The molecule has 1 aliphatic carbocycles. The van der Waals surface area contributed by atoms with Crippen LogP contribution in [0.4, 0.5) is 5.82 Å². The van der Waals surface area contributed by atoms with E-state index in [0.717, 1.165) is 25.7 Å². The van der Waals surface area contributed by atoms with Gasteiger partial charge in [0.2, 0.25) is 0 Å². The van der Waals surface area contributed by atoms with Crippen molar-refractivity contribution < 1.29 is 29.3 Å². The third-order valence-electron chi connectivity index (χ3n) is 4.79. The number of carboxylic acid groups (broad SMARTS) is 2. The second-order valence-electron chi connectivity index (χ2n) is 6.61. The van der Waals surface area contributed by atoms with Crippen LogP contribution in [0.2, 0.25) is 0 Å². The minimum absolute atomic E-state index is 0.0426. The summed E-state index contributed by atoms with van der Waals surface area (Å²) in [5.41, 5.74) is 3.25. The van der Waals surface area contributed by atoms with E-state index in [-0.39, 0.29) is 23.0 Å². The van der Waals surface area contributed by atoms with E-state index in [0.29, 0.717) is 10.2 Å². The predicted octanol–water partition coefficient (Wildman–Crippen LogP) is 3.11. The first kappa shape index (κ1) is 20.7. The normalized spacial score (nSPS) is 14.0. The van der Waals surface area contributed by atoms with E-state index in [1.54, 1.807) is 6.07 Å². The maximum absolute atomic E-state index is 12.2. The van der Waals surface area contributed by atoms with Crippen molar-refractivity contribution in [1.82, 2.24) is 4.98 Å². The van der Waals surface area contributed by atoms with Gasteiger partial charge in [-0.2, -0.15) is 0 Å². The highest BCUT2D eigenvalue weighted by Crippen LogP contribution is 2.42. The van der Waals surface area contributed by atoms with Gasteiger partial charge in [0.05, 0.1) is 13.2 Å². The van der Waals surface area contributed by atoms with Gasteiger partial charge in [-0.25, -0.2) is 9.59 Å². The van der Waals surface area contributed by atoms with Gasteiger partial charge in [0.1, 0.15) is 16.9 Å². The number of aromatic nitrogens is 1. The summed E-state index contributed by atoms with van der Waals surface area (Å²) < 4.78 is 11.7. The average molecular weight is 467 g/mol. The van der Waals surface area contributed by atoms with Gasteiger partial charge in [-0.1, -0.05) is 15.9 Å². The van der Waals surface area contributed by atoms with E-state index in [1.165, 1.54) is 13.2 Å². The Morgan fingerprint density at radius 1 is 1.14 bits per heavy atom. The van der Waals surface area contributed by atoms with Gasteiger partial charge >= 0.3 is 11.9 Å². The molecular formula is C19H19BrN2O7. The van der Waals surface area contributed by atoms with Crippen LogP contribution < -0.4 is 20.8 Å². The van der Waals surface area contributed by atoms with Crippen LogP contribution in [0.5, 0.6) is 11.5 Å². The largest absolute Gasteiger partial charge is 0.493 e. The highest BCUT2D eigenvalue weighted by molar-refractivity contribution is 9.10. The first-order chi connectivity index (χ1) is 13.7. The van der Waals surface area contributed by atoms with Crippen molar-refractivity contribution in [2.75, 3.05) is 12.8 Å². The van der Waals surface area contributed by atoms with E-state index < -0.39 is 34.4 Å². The number of methoxy groups -OCH3 is 1. The number of anilines is 1. The predicted molar refractivity (Wildman–Crippen MR) is 108 cm³/mol. The topological polar surface area (TPSA) is 152 Å². The molecule has 1 aromatic carbocycles. The number of nitrogen functional groups attached to an aromatic ring is 1.